The zero-order valence-corrected chi connectivity index (χ0v) is 11.3. The molecule has 1 aliphatic rings. The van der Waals surface area contributed by atoms with E-state index in [1.54, 1.807) is 0 Å². The van der Waals surface area contributed by atoms with E-state index in [1.807, 2.05) is 0 Å². The first kappa shape index (κ1) is 14.5. The summed E-state index contributed by atoms with van der Waals surface area (Å²) in [4.78, 5) is 12.0. The molecule has 1 aliphatic carbocycles. The Morgan fingerprint density at radius 2 is 1.65 bits per heavy atom. The van der Waals surface area contributed by atoms with Gasteiger partial charge in [0.15, 0.2) is 0 Å². The van der Waals surface area contributed by atoms with Crippen LogP contribution in [0.2, 0.25) is 0 Å². The van der Waals surface area contributed by atoms with Crippen LogP contribution in [0, 0.1) is 5.92 Å². The zero-order valence-electron chi connectivity index (χ0n) is 11.3. The van der Waals surface area contributed by atoms with Crippen LogP contribution < -0.4 is 10.6 Å². The lowest BCUT2D eigenvalue weighted by Gasteiger charge is -2.19. The highest BCUT2D eigenvalue weighted by Gasteiger charge is 2.18. The number of carbonyl (C=O) groups is 1. The lowest BCUT2D eigenvalue weighted by atomic mass is 9.90. The average molecular weight is 240 g/mol. The molecule has 2 N–H and O–H groups in total. The summed E-state index contributed by atoms with van der Waals surface area (Å²) < 4.78 is 0. The molecule has 1 saturated carbocycles. The van der Waals surface area contributed by atoms with Gasteiger partial charge in [-0.1, -0.05) is 39.0 Å². The van der Waals surface area contributed by atoms with Gasteiger partial charge >= 0.3 is 0 Å². The Balaban J connectivity index is 2.11. The summed E-state index contributed by atoms with van der Waals surface area (Å²) in [5.74, 6) is 0.562. The molecule has 1 rings (SSSR count). The second-order valence-electron chi connectivity index (χ2n) is 5.08. The van der Waals surface area contributed by atoms with Crippen molar-refractivity contribution >= 4 is 5.91 Å². The number of rotatable bonds is 6. The van der Waals surface area contributed by atoms with Crippen molar-refractivity contribution in [3.8, 4) is 0 Å². The van der Waals surface area contributed by atoms with Gasteiger partial charge in [0.05, 0.1) is 0 Å². The molecule has 3 nitrogen and oxygen atoms in total. The van der Waals surface area contributed by atoms with E-state index in [2.05, 4.69) is 17.6 Å². The van der Waals surface area contributed by atoms with Crippen molar-refractivity contribution in [2.75, 3.05) is 19.6 Å². The molecule has 0 spiro atoms. The monoisotopic (exact) mass is 240 g/mol. The zero-order chi connectivity index (χ0) is 12.3. The maximum atomic E-state index is 12.0. The summed E-state index contributed by atoms with van der Waals surface area (Å²) in [6, 6.07) is 0. The summed E-state index contributed by atoms with van der Waals surface area (Å²) in [5, 5.41) is 6.36. The Bertz CT molecular complexity index is 198. The normalized spacial score (nSPS) is 18.4. The van der Waals surface area contributed by atoms with Crippen molar-refractivity contribution in [2.24, 2.45) is 5.92 Å². The minimum Gasteiger partial charge on any atom is -0.355 e. The Hall–Kier alpha value is -0.570. The molecule has 0 aromatic heterocycles. The van der Waals surface area contributed by atoms with Crippen molar-refractivity contribution in [3.05, 3.63) is 0 Å². The third-order valence-corrected chi connectivity index (χ3v) is 3.50. The molecule has 0 radical (unpaired) electrons. The highest BCUT2D eigenvalue weighted by molar-refractivity contribution is 5.78. The lowest BCUT2D eigenvalue weighted by molar-refractivity contribution is -0.125. The number of amides is 1. The van der Waals surface area contributed by atoms with E-state index in [0.717, 1.165) is 38.9 Å². The van der Waals surface area contributed by atoms with E-state index in [4.69, 9.17) is 0 Å². The van der Waals surface area contributed by atoms with Crippen molar-refractivity contribution in [1.82, 2.24) is 10.6 Å². The summed E-state index contributed by atoms with van der Waals surface area (Å²) in [6.07, 6.45) is 9.76. The van der Waals surface area contributed by atoms with Crippen molar-refractivity contribution in [2.45, 2.75) is 58.3 Å². The molecule has 3 heteroatoms. The van der Waals surface area contributed by atoms with Crippen LogP contribution >= 0.6 is 0 Å². The average Bonchev–Trinajstić information content (AvgIpc) is 2.28. The van der Waals surface area contributed by atoms with E-state index in [9.17, 15) is 4.79 Å². The molecular formula is C14H28N2O. The van der Waals surface area contributed by atoms with E-state index in [1.165, 1.54) is 32.1 Å². The molecule has 0 heterocycles. The molecule has 1 amide bonds. The van der Waals surface area contributed by atoms with Crippen molar-refractivity contribution in [3.63, 3.8) is 0 Å². The molecule has 100 valence electrons. The smallest absolute Gasteiger partial charge is 0.223 e. The van der Waals surface area contributed by atoms with Gasteiger partial charge in [0, 0.05) is 19.0 Å². The molecule has 17 heavy (non-hydrogen) atoms. The maximum absolute atomic E-state index is 12.0. The largest absolute Gasteiger partial charge is 0.355 e. The van der Waals surface area contributed by atoms with E-state index in [-0.39, 0.29) is 11.8 Å². The van der Waals surface area contributed by atoms with E-state index in [0.29, 0.717) is 0 Å². The fourth-order valence-corrected chi connectivity index (χ4v) is 2.44. The Kier molecular flexibility index (Phi) is 8.06. The second kappa shape index (κ2) is 9.46. The van der Waals surface area contributed by atoms with Gasteiger partial charge in [0.25, 0.3) is 0 Å². The minimum atomic E-state index is 0.279. The molecule has 0 aliphatic heterocycles. The molecule has 0 aromatic carbocycles. The number of hydrogen-bond donors (Lipinski definition) is 2. The van der Waals surface area contributed by atoms with Crippen LogP contribution in [0.3, 0.4) is 0 Å². The molecule has 0 saturated heterocycles. The topological polar surface area (TPSA) is 41.1 Å². The van der Waals surface area contributed by atoms with Crippen LogP contribution in [0.15, 0.2) is 0 Å². The van der Waals surface area contributed by atoms with Gasteiger partial charge in [0.2, 0.25) is 5.91 Å². The summed E-state index contributed by atoms with van der Waals surface area (Å²) in [5.41, 5.74) is 0. The summed E-state index contributed by atoms with van der Waals surface area (Å²) >= 11 is 0. The first-order valence-electron chi connectivity index (χ1n) is 7.33. The predicted octanol–water partition coefficient (Wildman–Crippen LogP) is 2.46. The fourth-order valence-electron chi connectivity index (χ4n) is 2.44. The Labute approximate surface area is 106 Å². The van der Waals surface area contributed by atoms with Crippen molar-refractivity contribution < 1.29 is 4.79 Å². The quantitative estimate of drug-likeness (QED) is 0.700. The second-order valence-corrected chi connectivity index (χ2v) is 5.08. The van der Waals surface area contributed by atoms with E-state index < -0.39 is 0 Å². The van der Waals surface area contributed by atoms with Gasteiger partial charge in [-0.15, -0.1) is 0 Å². The van der Waals surface area contributed by atoms with Crippen molar-refractivity contribution in [1.29, 1.82) is 0 Å². The number of hydrogen-bond acceptors (Lipinski definition) is 2. The SMILES string of the molecule is CCCNCCNC(=O)C1CCCCCCC1. The van der Waals surface area contributed by atoms with Gasteiger partial charge in [-0.05, 0) is 25.8 Å². The van der Waals surface area contributed by atoms with Gasteiger partial charge in [0.1, 0.15) is 0 Å². The van der Waals surface area contributed by atoms with Crippen LogP contribution in [-0.4, -0.2) is 25.5 Å². The number of carbonyl (C=O) groups excluding carboxylic acids is 1. The van der Waals surface area contributed by atoms with Crippen LogP contribution in [0.5, 0.6) is 0 Å². The molecular weight excluding hydrogens is 212 g/mol. The summed E-state index contributed by atoms with van der Waals surface area (Å²) in [6.45, 7) is 4.86. The highest BCUT2D eigenvalue weighted by Crippen LogP contribution is 2.22. The third-order valence-electron chi connectivity index (χ3n) is 3.50. The van der Waals surface area contributed by atoms with Crippen LogP contribution in [0.1, 0.15) is 58.3 Å². The Morgan fingerprint density at radius 1 is 1.00 bits per heavy atom. The molecule has 1 fully saturated rings. The molecule has 0 atom stereocenters. The third kappa shape index (κ3) is 6.67. The van der Waals surface area contributed by atoms with Crippen LogP contribution in [0.4, 0.5) is 0 Å². The fraction of sp³-hybridized carbons (Fsp3) is 0.929. The lowest BCUT2D eigenvalue weighted by Crippen LogP contribution is -2.36. The maximum Gasteiger partial charge on any atom is 0.223 e. The predicted molar refractivity (Wildman–Crippen MR) is 72.0 cm³/mol. The van der Waals surface area contributed by atoms with Gasteiger partial charge < -0.3 is 10.6 Å². The standard InChI is InChI=1S/C14H28N2O/c1-2-10-15-11-12-16-14(17)13-8-6-4-3-5-7-9-13/h13,15H,2-12H2,1H3,(H,16,17). The molecule has 0 bridgehead atoms. The minimum absolute atomic E-state index is 0.279. The van der Waals surface area contributed by atoms with E-state index >= 15 is 0 Å². The van der Waals surface area contributed by atoms with Crippen LogP contribution in [-0.2, 0) is 4.79 Å². The highest BCUT2D eigenvalue weighted by atomic mass is 16.1. The number of nitrogens with one attached hydrogen (secondary N) is 2. The molecule has 0 aromatic rings. The van der Waals surface area contributed by atoms with Gasteiger partial charge in [-0.3, -0.25) is 4.79 Å². The van der Waals surface area contributed by atoms with Gasteiger partial charge in [-0.2, -0.15) is 0 Å². The first-order valence-corrected chi connectivity index (χ1v) is 7.33. The van der Waals surface area contributed by atoms with Gasteiger partial charge in [-0.25, -0.2) is 0 Å². The summed E-state index contributed by atoms with van der Waals surface area (Å²) in [7, 11) is 0. The van der Waals surface area contributed by atoms with Crippen LogP contribution in [0.25, 0.3) is 0 Å². The molecule has 0 unspecified atom stereocenters. The first-order chi connectivity index (χ1) is 8.34. The Morgan fingerprint density at radius 3 is 2.29 bits per heavy atom.